The van der Waals surface area contributed by atoms with Crippen LogP contribution in [0.1, 0.15) is 11.1 Å². The molecule has 194 valence electrons. The van der Waals surface area contributed by atoms with Crippen LogP contribution in [0.5, 0.6) is 17.4 Å². The molecule has 2 aromatic rings. The van der Waals surface area contributed by atoms with E-state index in [2.05, 4.69) is 45.9 Å². The quantitative estimate of drug-likeness (QED) is 0.271. The zero-order valence-corrected chi connectivity index (χ0v) is 22.7. The predicted octanol–water partition coefficient (Wildman–Crippen LogP) is 3.66. The van der Waals surface area contributed by atoms with Crippen molar-refractivity contribution in [3.63, 3.8) is 0 Å². The van der Waals surface area contributed by atoms with Gasteiger partial charge in [-0.25, -0.2) is 4.98 Å². The average molecular weight is 510 g/mol. The summed E-state index contributed by atoms with van der Waals surface area (Å²) in [5, 5.41) is 3.40. The third-order valence-electron chi connectivity index (χ3n) is 6.28. The Hall–Kier alpha value is -2.72. The lowest BCUT2D eigenvalue weighted by Gasteiger charge is -2.29. The lowest BCUT2D eigenvalue weighted by atomic mass is 10.1. The van der Waals surface area contributed by atoms with Crippen LogP contribution < -0.4 is 20.5 Å². The summed E-state index contributed by atoms with van der Waals surface area (Å²) >= 11 is 0. The second-order valence-corrected chi connectivity index (χ2v) is 16.1. The van der Waals surface area contributed by atoms with Gasteiger partial charge < -0.3 is 25.3 Å². The summed E-state index contributed by atoms with van der Waals surface area (Å²) in [4.78, 5) is 11.5. The maximum absolute atomic E-state index is 6.23. The molecule has 1 unspecified atom stereocenters. The molecule has 0 saturated carbocycles. The van der Waals surface area contributed by atoms with Crippen LogP contribution in [0.4, 0.5) is 0 Å². The van der Waals surface area contributed by atoms with Gasteiger partial charge in [0.15, 0.2) is 0 Å². The smallest absolute Gasteiger partial charge is 0.219 e. The van der Waals surface area contributed by atoms with Gasteiger partial charge in [-0.05, 0) is 36.0 Å². The molecule has 9 heteroatoms. The Balaban J connectivity index is 1.32. The molecule has 0 bridgehead atoms. The van der Waals surface area contributed by atoms with Crippen LogP contribution in [-0.2, 0) is 11.2 Å². The molecule has 1 fully saturated rings. The second kappa shape index (κ2) is 12.5. The zero-order chi connectivity index (χ0) is 25.4. The van der Waals surface area contributed by atoms with Crippen LogP contribution in [0.25, 0.3) is 0 Å². The molecule has 1 aromatic carbocycles. The Morgan fingerprint density at radius 3 is 2.81 bits per heavy atom. The predicted molar refractivity (Wildman–Crippen MR) is 147 cm³/mol. The molecular weight excluding hydrogens is 470 g/mol. The Labute approximate surface area is 215 Å². The van der Waals surface area contributed by atoms with Gasteiger partial charge in [0.05, 0.1) is 5.71 Å². The van der Waals surface area contributed by atoms with E-state index in [1.165, 1.54) is 11.8 Å². The van der Waals surface area contributed by atoms with Gasteiger partial charge in [-0.3, -0.25) is 9.89 Å². The van der Waals surface area contributed by atoms with E-state index in [0.717, 1.165) is 68.8 Å². The molecule has 4 rings (SSSR count). The fourth-order valence-electron chi connectivity index (χ4n) is 4.23. The van der Waals surface area contributed by atoms with Crippen LogP contribution in [-0.4, -0.2) is 75.8 Å². The topological polar surface area (TPSA) is 94.2 Å². The molecule has 3 N–H and O–H groups in total. The first kappa shape index (κ1) is 26.3. The minimum Gasteiger partial charge on any atom is -0.488 e. The SMILES string of the molecule is C[Si](C)(C)CCOCN=C(C=CN)c1ccc(Oc2ccc3c(c2)OC(CN2CCNCC2)C3)nc1. The number of nitrogens with zero attached hydrogens (tertiary/aromatic N) is 3. The molecule has 1 atom stereocenters. The van der Waals surface area contributed by atoms with E-state index in [1.807, 2.05) is 24.3 Å². The molecular formula is C27H39N5O3Si. The summed E-state index contributed by atoms with van der Waals surface area (Å²) in [6.07, 6.45) is 6.10. The number of aromatic nitrogens is 1. The molecule has 0 spiro atoms. The summed E-state index contributed by atoms with van der Waals surface area (Å²) in [6.45, 7) is 13.2. The molecule has 8 nitrogen and oxygen atoms in total. The van der Waals surface area contributed by atoms with Crippen LogP contribution in [0.2, 0.25) is 25.7 Å². The molecule has 1 saturated heterocycles. The number of benzene rings is 1. The van der Waals surface area contributed by atoms with Gasteiger partial charge in [-0.15, -0.1) is 0 Å². The number of nitrogens with two attached hydrogens (primary N) is 1. The van der Waals surface area contributed by atoms with Gasteiger partial charge in [0.25, 0.3) is 0 Å². The molecule has 3 heterocycles. The van der Waals surface area contributed by atoms with Gasteiger partial charge in [0, 0.05) is 77.7 Å². The van der Waals surface area contributed by atoms with Gasteiger partial charge in [-0.2, -0.15) is 0 Å². The number of hydrogen-bond acceptors (Lipinski definition) is 8. The Kier molecular flexibility index (Phi) is 9.14. The lowest BCUT2D eigenvalue weighted by Crippen LogP contribution is -2.47. The molecule has 0 radical (unpaired) electrons. The summed E-state index contributed by atoms with van der Waals surface area (Å²) in [5.41, 5.74) is 8.44. The Morgan fingerprint density at radius 2 is 2.08 bits per heavy atom. The van der Waals surface area contributed by atoms with E-state index in [1.54, 1.807) is 12.3 Å². The maximum Gasteiger partial charge on any atom is 0.219 e. The van der Waals surface area contributed by atoms with E-state index >= 15 is 0 Å². The monoisotopic (exact) mass is 509 g/mol. The standard InChI is InChI=1S/C27H39N5O3Si/c1-36(2,3)15-14-33-20-31-25(8-9-28)22-5-7-27(30-18-22)35-23-6-4-21-16-24(34-26(21)17-23)19-32-12-10-29-11-13-32/h4-9,17-18,24,29H,10-16,19-20,28H2,1-3H3. The fourth-order valence-corrected chi connectivity index (χ4v) is 4.99. The number of hydrogen-bond donors (Lipinski definition) is 2. The van der Waals surface area contributed by atoms with Gasteiger partial charge >= 0.3 is 0 Å². The van der Waals surface area contributed by atoms with Crippen molar-refractivity contribution in [1.82, 2.24) is 15.2 Å². The normalized spacial score (nSPS) is 18.9. The van der Waals surface area contributed by atoms with E-state index < -0.39 is 8.07 Å². The number of allylic oxidation sites excluding steroid dienone is 1. The molecule has 2 aliphatic rings. The number of piperazine rings is 1. The van der Waals surface area contributed by atoms with Crippen molar-refractivity contribution in [2.75, 3.05) is 46.1 Å². The highest BCUT2D eigenvalue weighted by atomic mass is 28.3. The Morgan fingerprint density at radius 1 is 1.25 bits per heavy atom. The highest BCUT2D eigenvalue weighted by Gasteiger charge is 2.26. The zero-order valence-electron chi connectivity index (χ0n) is 21.7. The highest BCUT2D eigenvalue weighted by Crippen LogP contribution is 2.34. The maximum atomic E-state index is 6.23. The number of ether oxygens (including phenoxy) is 3. The van der Waals surface area contributed by atoms with Crippen molar-refractivity contribution in [2.24, 2.45) is 10.7 Å². The number of nitrogens with one attached hydrogen (secondary N) is 1. The van der Waals surface area contributed by atoms with Crippen molar-refractivity contribution in [3.8, 4) is 17.4 Å². The van der Waals surface area contributed by atoms with Crippen LogP contribution in [0.3, 0.4) is 0 Å². The third-order valence-corrected chi connectivity index (χ3v) is 7.99. The van der Waals surface area contributed by atoms with Crippen molar-refractivity contribution in [1.29, 1.82) is 0 Å². The van der Waals surface area contributed by atoms with Crippen molar-refractivity contribution in [2.45, 2.75) is 38.2 Å². The van der Waals surface area contributed by atoms with E-state index in [-0.39, 0.29) is 6.10 Å². The van der Waals surface area contributed by atoms with Crippen molar-refractivity contribution < 1.29 is 14.2 Å². The van der Waals surface area contributed by atoms with Crippen LogP contribution in [0.15, 0.2) is 53.8 Å². The summed E-state index contributed by atoms with van der Waals surface area (Å²) < 4.78 is 18.0. The van der Waals surface area contributed by atoms with Gasteiger partial charge in [-0.1, -0.05) is 25.7 Å². The largest absolute Gasteiger partial charge is 0.488 e. The van der Waals surface area contributed by atoms with Crippen LogP contribution in [0, 0.1) is 0 Å². The average Bonchev–Trinajstić information content (AvgIpc) is 3.25. The third kappa shape index (κ3) is 7.89. The van der Waals surface area contributed by atoms with Crippen molar-refractivity contribution >= 4 is 13.8 Å². The van der Waals surface area contributed by atoms with Crippen molar-refractivity contribution in [3.05, 3.63) is 59.9 Å². The second-order valence-electron chi connectivity index (χ2n) is 10.5. The van der Waals surface area contributed by atoms with E-state index in [9.17, 15) is 0 Å². The summed E-state index contributed by atoms with van der Waals surface area (Å²) in [5.74, 6) is 2.13. The number of fused-ring (bicyclic) bond motifs is 1. The molecule has 36 heavy (non-hydrogen) atoms. The van der Waals surface area contributed by atoms with E-state index in [0.29, 0.717) is 18.4 Å². The molecule has 2 aliphatic heterocycles. The fraction of sp³-hybridized carbons (Fsp3) is 0.481. The first-order chi connectivity index (χ1) is 17.4. The number of aliphatic imine (C=N–C) groups is 1. The minimum atomic E-state index is -1.11. The molecule has 0 aliphatic carbocycles. The van der Waals surface area contributed by atoms with Gasteiger partial charge in [0.1, 0.15) is 24.3 Å². The molecule has 1 aromatic heterocycles. The summed E-state index contributed by atoms with van der Waals surface area (Å²) in [7, 11) is -1.11. The summed E-state index contributed by atoms with van der Waals surface area (Å²) in [6, 6.07) is 10.9. The van der Waals surface area contributed by atoms with Crippen LogP contribution >= 0.6 is 0 Å². The number of rotatable bonds is 11. The van der Waals surface area contributed by atoms with E-state index in [4.69, 9.17) is 19.9 Å². The highest BCUT2D eigenvalue weighted by molar-refractivity contribution is 6.76. The molecule has 0 amide bonds. The lowest BCUT2D eigenvalue weighted by molar-refractivity contribution is 0.139. The minimum absolute atomic E-state index is 0.193. The van der Waals surface area contributed by atoms with Gasteiger partial charge in [0.2, 0.25) is 5.88 Å². The first-order valence-corrected chi connectivity index (χ1v) is 16.5. The first-order valence-electron chi connectivity index (χ1n) is 12.8. The Bertz CT molecular complexity index is 1050. The number of pyridine rings is 1.